The van der Waals surface area contributed by atoms with E-state index >= 15 is 0 Å². The van der Waals surface area contributed by atoms with Gasteiger partial charge in [-0.25, -0.2) is 9.59 Å². The summed E-state index contributed by atoms with van der Waals surface area (Å²) in [5.41, 5.74) is -0.984. The fourth-order valence-electron chi connectivity index (χ4n) is 6.03. The average molecular weight is 392 g/mol. The number of carbonyl (C=O) groups is 3. The van der Waals surface area contributed by atoms with Gasteiger partial charge in [-0.15, -0.1) is 0 Å². The predicted molar refractivity (Wildman–Crippen MR) is 93.4 cm³/mol. The zero-order valence-electron chi connectivity index (χ0n) is 15.8. The number of allylic oxidation sites excluding steroid dienone is 1. The second-order valence-electron chi connectivity index (χ2n) is 8.69. The van der Waals surface area contributed by atoms with Gasteiger partial charge in [0.15, 0.2) is 0 Å². The summed E-state index contributed by atoms with van der Waals surface area (Å²) in [6.45, 7) is 3.75. The smallest absolute Gasteiger partial charge is 0.339 e. The maximum atomic E-state index is 12.4. The van der Waals surface area contributed by atoms with E-state index in [9.17, 15) is 29.7 Å². The third kappa shape index (κ3) is 2.47. The Labute approximate surface area is 161 Å². The molecule has 7 atom stereocenters. The van der Waals surface area contributed by atoms with Gasteiger partial charge in [0.2, 0.25) is 6.29 Å². The number of ether oxygens (including phenoxy) is 2. The molecule has 0 radical (unpaired) electrons. The minimum absolute atomic E-state index is 0.00602. The Morgan fingerprint density at radius 3 is 2.61 bits per heavy atom. The van der Waals surface area contributed by atoms with Gasteiger partial charge in [-0.1, -0.05) is 19.9 Å². The maximum absolute atomic E-state index is 12.4. The standard InChI is InChI=1S/C20H24O8/c1-19(8-12(21)9-6-15(22)28-17(9)25)11(16(23)24)7-14-20(2)10(18(26)27-14)4-3-5-13(19)20/h4,6,11-15,21-22H,3,5,7-8H2,1-2H3,(H,23,24). The van der Waals surface area contributed by atoms with Gasteiger partial charge in [0.1, 0.15) is 6.10 Å². The monoisotopic (exact) mass is 392 g/mol. The van der Waals surface area contributed by atoms with Crippen molar-refractivity contribution in [2.75, 3.05) is 0 Å². The van der Waals surface area contributed by atoms with Crippen LogP contribution >= 0.6 is 0 Å². The van der Waals surface area contributed by atoms with Crippen molar-refractivity contribution in [3.8, 4) is 0 Å². The van der Waals surface area contributed by atoms with Gasteiger partial charge in [0.05, 0.1) is 17.6 Å². The fourth-order valence-corrected chi connectivity index (χ4v) is 6.03. The average Bonchev–Trinajstić information content (AvgIpc) is 3.07. The fraction of sp³-hybridized carbons (Fsp3) is 0.650. The first kappa shape index (κ1) is 19.1. The zero-order valence-corrected chi connectivity index (χ0v) is 15.8. The Morgan fingerprint density at radius 1 is 1.29 bits per heavy atom. The van der Waals surface area contributed by atoms with Gasteiger partial charge in [0, 0.05) is 11.0 Å². The van der Waals surface area contributed by atoms with Crippen LogP contribution in [0.4, 0.5) is 0 Å². The molecule has 8 heteroatoms. The molecule has 2 fully saturated rings. The van der Waals surface area contributed by atoms with Crippen LogP contribution in [-0.4, -0.2) is 51.7 Å². The molecule has 4 aliphatic rings. The number of esters is 2. The van der Waals surface area contributed by atoms with Crippen molar-refractivity contribution in [3.63, 3.8) is 0 Å². The first-order valence-electron chi connectivity index (χ1n) is 9.52. The summed E-state index contributed by atoms with van der Waals surface area (Å²) >= 11 is 0. The minimum Gasteiger partial charge on any atom is -0.481 e. The minimum atomic E-state index is -1.40. The van der Waals surface area contributed by atoms with E-state index in [2.05, 4.69) is 4.74 Å². The van der Waals surface area contributed by atoms with Gasteiger partial charge >= 0.3 is 17.9 Å². The van der Waals surface area contributed by atoms with E-state index in [1.165, 1.54) is 0 Å². The number of aliphatic hydroxyl groups excluding tert-OH is 2. The number of aliphatic hydroxyl groups is 2. The molecular formula is C20H24O8. The Hall–Kier alpha value is -2.19. The lowest BCUT2D eigenvalue weighted by atomic mass is 9.46. The summed E-state index contributed by atoms with van der Waals surface area (Å²) < 4.78 is 10.2. The van der Waals surface area contributed by atoms with Gasteiger partial charge in [0.25, 0.3) is 0 Å². The Balaban J connectivity index is 1.74. The van der Waals surface area contributed by atoms with Crippen molar-refractivity contribution in [3.05, 3.63) is 23.3 Å². The number of rotatable bonds is 4. The molecule has 2 heterocycles. The van der Waals surface area contributed by atoms with E-state index in [0.29, 0.717) is 18.4 Å². The summed E-state index contributed by atoms with van der Waals surface area (Å²) in [7, 11) is 0. The number of aliphatic carboxylic acids is 1. The SMILES string of the molecule is CC1(CC(O)C2=CC(O)OC2=O)C(C(=O)O)CC2OC(=O)C3=CCCC1C32C. The first-order valence-corrected chi connectivity index (χ1v) is 9.52. The Kier molecular flexibility index (Phi) is 4.21. The van der Waals surface area contributed by atoms with E-state index in [-0.39, 0.29) is 24.3 Å². The van der Waals surface area contributed by atoms with Crippen molar-refractivity contribution in [2.24, 2.45) is 22.7 Å². The van der Waals surface area contributed by atoms with E-state index in [1.54, 1.807) is 0 Å². The van der Waals surface area contributed by atoms with Gasteiger partial charge < -0.3 is 24.8 Å². The van der Waals surface area contributed by atoms with Crippen LogP contribution in [0.2, 0.25) is 0 Å². The van der Waals surface area contributed by atoms with Crippen LogP contribution in [0.1, 0.15) is 39.5 Å². The Morgan fingerprint density at radius 2 is 2.00 bits per heavy atom. The lowest BCUT2D eigenvalue weighted by Gasteiger charge is -2.56. The number of cyclic esters (lactones) is 1. The molecule has 1 saturated heterocycles. The molecule has 2 aliphatic heterocycles. The summed E-state index contributed by atoms with van der Waals surface area (Å²) in [4.78, 5) is 36.4. The lowest BCUT2D eigenvalue weighted by molar-refractivity contribution is -0.172. The van der Waals surface area contributed by atoms with Crippen molar-refractivity contribution in [1.29, 1.82) is 0 Å². The molecule has 8 nitrogen and oxygen atoms in total. The molecule has 152 valence electrons. The highest BCUT2D eigenvalue weighted by molar-refractivity contribution is 5.93. The molecular weight excluding hydrogens is 368 g/mol. The van der Waals surface area contributed by atoms with Gasteiger partial charge in [-0.3, -0.25) is 4.79 Å². The molecule has 1 saturated carbocycles. The van der Waals surface area contributed by atoms with Crippen LogP contribution in [0.15, 0.2) is 23.3 Å². The van der Waals surface area contributed by atoms with E-state index in [1.807, 2.05) is 19.9 Å². The molecule has 7 unspecified atom stereocenters. The summed E-state index contributed by atoms with van der Waals surface area (Å²) in [6, 6.07) is 0. The van der Waals surface area contributed by atoms with Crippen LogP contribution in [-0.2, 0) is 23.9 Å². The van der Waals surface area contributed by atoms with Crippen LogP contribution in [0, 0.1) is 22.7 Å². The van der Waals surface area contributed by atoms with E-state index in [0.717, 1.165) is 6.08 Å². The van der Waals surface area contributed by atoms with Crippen LogP contribution in [0.25, 0.3) is 0 Å². The van der Waals surface area contributed by atoms with E-state index < -0.39 is 53.2 Å². The molecule has 2 aliphatic carbocycles. The molecule has 4 rings (SSSR count). The second kappa shape index (κ2) is 6.15. The van der Waals surface area contributed by atoms with Crippen molar-refractivity contribution in [1.82, 2.24) is 0 Å². The molecule has 0 aromatic rings. The third-order valence-corrected chi connectivity index (χ3v) is 7.36. The second-order valence-corrected chi connectivity index (χ2v) is 8.69. The third-order valence-electron chi connectivity index (χ3n) is 7.36. The van der Waals surface area contributed by atoms with Crippen molar-refractivity contribution < 1.29 is 39.2 Å². The summed E-state index contributed by atoms with van der Waals surface area (Å²) in [6.07, 6.45) is 1.28. The number of carboxylic acid groups (broad SMARTS) is 1. The zero-order chi connectivity index (χ0) is 20.4. The number of hydrogen-bond acceptors (Lipinski definition) is 7. The molecule has 28 heavy (non-hydrogen) atoms. The number of carboxylic acids is 1. The molecule has 0 bridgehead atoms. The molecule has 0 aromatic carbocycles. The van der Waals surface area contributed by atoms with E-state index in [4.69, 9.17) is 4.74 Å². The maximum Gasteiger partial charge on any atom is 0.339 e. The first-order chi connectivity index (χ1) is 13.1. The topological polar surface area (TPSA) is 130 Å². The molecule has 0 aromatic heterocycles. The van der Waals surface area contributed by atoms with Crippen LogP contribution < -0.4 is 0 Å². The quantitative estimate of drug-likeness (QED) is 0.602. The van der Waals surface area contributed by atoms with Crippen LogP contribution in [0.5, 0.6) is 0 Å². The molecule has 0 amide bonds. The van der Waals surface area contributed by atoms with Gasteiger partial charge in [-0.05, 0) is 43.1 Å². The van der Waals surface area contributed by atoms with Gasteiger partial charge in [-0.2, -0.15) is 0 Å². The largest absolute Gasteiger partial charge is 0.481 e. The van der Waals surface area contributed by atoms with Crippen molar-refractivity contribution >= 4 is 17.9 Å². The Bertz CT molecular complexity index is 813. The normalized spacial score (nSPS) is 42.9. The predicted octanol–water partition coefficient (Wildman–Crippen LogP) is 0.918. The summed E-state index contributed by atoms with van der Waals surface area (Å²) in [5, 5.41) is 30.2. The highest BCUT2D eigenvalue weighted by Crippen LogP contribution is 2.65. The number of carbonyl (C=O) groups excluding carboxylic acids is 2. The number of hydrogen-bond donors (Lipinski definition) is 3. The van der Waals surface area contributed by atoms with Crippen molar-refractivity contribution in [2.45, 2.75) is 58.0 Å². The summed E-state index contributed by atoms with van der Waals surface area (Å²) in [5.74, 6) is -3.28. The highest BCUT2D eigenvalue weighted by Gasteiger charge is 2.66. The molecule has 0 spiro atoms. The lowest BCUT2D eigenvalue weighted by Crippen LogP contribution is -2.58. The highest BCUT2D eigenvalue weighted by atomic mass is 16.6. The van der Waals surface area contributed by atoms with Crippen LogP contribution in [0.3, 0.4) is 0 Å². The molecule has 3 N–H and O–H groups in total.